The van der Waals surface area contributed by atoms with Crippen LogP contribution in [0.1, 0.15) is 24.0 Å². The number of urea groups is 1. The number of nitrogens with one attached hydrogen (secondary N) is 2. The van der Waals surface area contributed by atoms with Gasteiger partial charge in [0.1, 0.15) is 6.04 Å². The lowest BCUT2D eigenvalue weighted by Crippen LogP contribution is -2.33. The molecule has 4 amide bonds. The van der Waals surface area contributed by atoms with Gasteiger partial charge in [0.05, 0.1) is 0 Å². The van der Waals surface area contributed by atoms with Crippen LogP contribution in [0.3, 0.4) is 0 Å². The summed E-state index contributed by atoms with van der Waals surface area (Å²) in [7, 11) is 0. The largest absolute Gasteiger partial charge is 0.352 e. The molecule has 0 aliphatic carbocycles. The number of amides is 4. The SMILES string of the molecule is O=C(CCC1NC(=O)N(CCc2ccccc2)C1=O)NCc1cccc(Cl)c1. The second-order valence-corrected chi connectivity index (χ2v) is 7.11. The van der Waals surface area contributed by atoms with E-state index < -0.39 is 12.1 Å². The van der Waals surface area contributed by atoms with Crippen LogP contribution in [0.4, 0.5) is 4.79 Å². The predicted octanol–water partition coefficient (Wildman–Crippen LogP) is 2.90. The molecule has 1 unspecified atom stereocenters. The number of halogens is 1. The van der Waals surface area contributed by atoms with Crippen LogP contribution in [0.2, 0.25) is 5.02 Å². The maximum Gasteiger partial charge on any atom is 0.324 e. The van der Waals surface area contributed by atoms with E-state index in [1.165, 1.54) is 4.90 Å². The molecule has 3 rings (SSSR count). The summed E-state index contributed by atoms with van der Waals surface area (Å²) in [5.41, 5.74) is 1.96. The van der Waals surface area contributed by atoms with E-state index in [1.54, 1.807) is 12.1 Å². The topological polar surface area (TPSA) is 78.5 Å². The van der Waals surface area contributed by atoms with Crippen LogP contribution in [0, 0.1) is 0 Å². The lowest BCUT2D eigenvalue weighted by Gasteiger charge is -2.13. The van der Waals surface area contributed by atoms with Gasteiger partial charge in [-0.25, -0.2) is 4.79 Å². The Hall–Kier alpha value is -2.86. The summed E-state index contributed by atoms with van der Waals surface area (Å²) in [5, 5.41) is 6.08. The first-order valence-electron chi connectivity index (χ1n) is 9.20. The van der Waals surface area contributed by atoms with Crippen LogP contribution in [0.5, 0.6) is 0 Å². The lowest BCUT2D eigenvalue weighted by atomic mass is 10.1. The van der Waals surface area contributed by atoms with Crippen LogP contribution in [0.25, 0.3) is 0 Å². The summed E-state index contributed by atoms with van der Waals surface area (Å²) in [4.78, 5) is 37.8. The van der Waals surface area contributed by atoms with Crippen LogP contribution < -0.4 is 10.6 Å². The summed E-state index contributed by atoms with van der Waals surface area (Å²) in [5.74, 6) is -0.451. The Morgan fingerprint density at radius 3 is 2.57 bits per heavy atom. The molecule has 28 heavy (non-hydrogen) atoms. The smallest absolute Gasteiger partial charge is 0.324 e. The fourth-order valence-corrected chi connectivity index (χ4v) is 3.29. The molecule has 2 aromatic carbocycles. The molecule has 2 N–H and O–H groups in total. The van der Waals surface area contributed by atoms with Gasteiger partial charge in [0, 0.05) is 24.5 Å². The first kappa shape index (κ1) is 19.9. The van der Waals surface area contributed by atoms with E-state index in [0.29, 0.717) is 24.5 Å². The second-order valence-electron chi connectivity index (χ2n) is 6.67. The molecule has 7 heteroatoms. The minimum atomic E-state index is -0.653. The third kappa shape index (κ3) is 5.33. The molecule has 1 fully saturated rings. The number of imide groups is 1. The monoisotopic (exact) mass is 399 g/mol. The van der Waals surface area contributed by atoms with Crippen molar-refractivity contribution in [2.45, 2.75) is 31.8 Å². The van der Waals surface area contributed by atoms with Gasteiger partial charge in [-0.3, -0.25) is 14.5 Å². The van der Waals surface area contributed by atoms with Gasteiger partial charge in [0.2, 0.25) is 5.91 Å². The number of carbonyl (C=O) groups is 3. The average molecular weight is 400 g/mol. The Balaban J connectivity index is 1.43. The van der Waals surface area contributed by atoms with Gasteiger partial charge in [0.25, 0.3) is 5.91 Å². The quantitative estimate of drug-likeness (QED) is 0.670. The van der Waals surface area contributed by atoms with Crippen molar-refractivity contribution in [1.82, 2.24) is 15.5 Å². The van der Waals surface area contributed by atoms with Crippen molar-refractivity contribution in [3.8, 4) is 0 Å². The molecule has 2 aromatic rings. The Kier molecular flexibility index (Phi) is 6.66. The molecular weight excluding hydrogens is 378 g/mol. The number of nitrogens with zero attached hydrogens (tertiary/aromatic N) is 1. The maximum atomic E-state index is 12.5. The number of carbonyl (C=O) groups excluding carboxylic acids is 3. The normalized spacial score (nSPS) is 16.2. The molecule has 146 valence electrons. The number of rotatable bonds is 8. The molecule has 0 spiro atoms. The highest BCUT2D eigenvalue weighted by Gasteiger charge is 2.37. The van der Waals surface area contributed by atoms with Crippen molar-refractivity contribution >= 4 is 29.4 Å². The first-order chi connectivity index (χ1) is 13.5. The minimum Gasteiger partial charge on any atom is -0.352 e. The molecule has 1 atom stereocenters. The Labute approximate surface area is 168 Å². The van der Waals surface area contributed by atoms with Gasteiger partial charge in [-0.2, -0.15) is 0 Å². The standard InChI is InChI=1S/C21H22ClN3O3/c22-17-8-4-7-16(13-17)14-23-19(26)10-9-18-20(27)25(21(28)24-18)12-11-15-5-2-1-3-6-15/h1-8,13,18H,9-12,14H2,(H,23,26)(H,24,28). The van der Waals surface area contributed by atoms with E-state index in [0.717, 1.165) is 11.1 Å². The molecule has 1 aliphatic rings. The molecule has 1 heterocycles. The number of benzene rings is 2. The summed E-state index contributed by atoms with van der Waals surface area (Å²) in [6, 6.07) is 15.9. The zero-order chi connectivity index (χ0) is 19.9. The van der Waals surface area contributed by atoms with Crippen molar-refractivity contribution in [3.63, 3.8) is 0 Å². The molecule has 1 aliphatic heterocycles. The highest BCUT2D eigenvalue weighted by molar-refractivity contribution is 6.30. The van der Waals surface area contributed by atoms with E-state index >= 15 is 0 Å². The number of hydrogen-bond acceptors (Lipinski definition) is 3. The van der Waals surface area contributed by atoms with Crippen LogP contribution >= 0.6 is 11.6 Å². The van der Waals surface area contributed by atoms with Gasteiger partial charge in [-0.15, -0.1) is 0 Å². The number of hydrogen-bond donors (Lipinski definition) is 2. The Morgan fingerprint density at radius 1 is 1.07 bits per heavy atom. The maximum absolute atomic E-state index is 12.5. The van der Waals surface area contributed by atoms with Crippen molar-refractivity contribution < 1.29 is 14.4 Å². The summed E-state index contributed by atoms with van der Waals surface area (Å²) in [6.07, 6.45) is 1.03. The van der Waals surface area contributed by atoms with E-state index in [-0.39, 0.29) is 24.7 Å². The van der Waals surface area contributed by atoms with E-state index in [1.807, 2.05) is 42.5 Å². The van der Waals surface area contributed by atoms with E-state index in [4.69, 9.17) is 11.6 Å². The molecule has 0 bridgehead atoms. The molecule has 6 nitrogen and oxygen atoms in total. The van der Waals surface area contributed by atoms with Gasteiger partial charge < -0.3 is 10.6 Å². The van der Waals surface area contributed by atoms with E-state index in [2.05, 4.69) is 10.6 Å². The third-order valence-corrected chi connectivity index (χ3v) is 4.85. The van der Waals surface area contributed by atoms with Crippen molar-refractivity contribution in [1.29, 1.82) is 0 Å². The summed E-state index contributed by atoms with van der Waals surface area (Å²) < 4.78 is 0. The predicted molar refractivity (Wildman–Crippen MR) is 107 cm³/mol. The Bertz CT molecular complexity index is 857. The fourth-order valence-electron chi connectivity index (χ4n) is 3.08. The van der Waals surface area contributed by atoms with Crippen LogP contribution in [-0.4, -0.2) is 35.3 Å². The van der Waals surface area contributed by atoms with Crippen LogP contribution in [-0.2, 0) is 22.6 Å². The first-order valence-corrected chi connectivity index (χ1v) is 9.57. The van der Waals surface area contributed by atoms with Crippen molar-refractivity contribution in [2.24, 2.45) is 0 Å². The third-order valence-electron chi connectivity index (χ3n) is 4.61. The Morgan fingerprint density at radius 2 is 1.82 bits per heavy atom. The average Bonchev–Trinajstić information content (AvgIpc) is 2.97. The highest BCUT2D eigenvalue weighted by atomic mass is 35.5. The molecular formula is C21H22ClN3O3. The van der Waals surface area contributed by atoms with Gasteiger partial charge in [0.15, 0.2) is 0 Å². The fraction of sp³-hybridized carbons (Fsp3) is 0.286. The zero-order valence-corrected chi connectivity index (χ0v) is 16.1. The zero-order valence-electron chi connectivity index (χ0n) is 15.4. The van der Waals surface area contributed by atoms with Crippen molar-refractivity contribution in [2.75, 3.05) is 6.54 Å². The van der Waals surface area contributed by atoms with Gasteiger partial charge in [-0.05, 0) is 36.1 Å². The molecule has 0 aromatic heterocycles. The van der Waals surface area contributed by atoms with Gasteiger partial charge >= 0.3 is 6.03 Å². The van der Waals surface area contributed by atoms with Gasteiger partial charge in [-0.1, -0.05) is 54.1 Å². The molecule has 1 saturated heterocycles. The van der Waals surface area contributed by atoms with Crippen molar-refractivity contribution in [3.05, 3.63) is 70.7 Å². The summed E-state index contributed by atoms with van der Waals surface area (Å²) in [6.45, 7) is 0.694. The highest BCUT2D eigenvalue weighted by Crippen LogP contribution is 2.13. The van der Waals surface area contributed by atoms with Crippen LogP contribution in [0.15, 0.2) is 54.6 Å². The minimum absolute atomic E-state index is 0.157. The molecule has 0 saturated carbocycles. The second kappa shape index (κ2) is 9.37. The molecule has 0 radical (unpaired) electrons. The van der Waals surface area contributed by atoms with E-state index in [9.17, 15) is 14.4 Å². The lowest BCUT2D eigenvalue weighted by molar-refractivity contribution is -0.127. The summed E-state index contributed by atoms with van der Waals surface area (Å²) >= 11 is 5.92.